The summed E-state index contributed by atoms with van der Waals surface area (Å²) in [6.07, 6.45) is 1.34. The van der Waals surface area contributed by atoms with Gasteiger partial charge in [0.1, 0.15) is 0 Å². The summed E-state index contributed by atoms with van der Waals surface area (Å²) in [5.41, 5.74) is 0.868. The summed E-state index contributed by atoms with van der Waals surface area (Å²) in [7, 11) is -3.42. The van der Waals surface area contributed by atoms with Gasteiger partial charge in [0.05, 0.1) is 28.2 Å². The molecule has 0 fully saturated rings. The van der Waals surface area contributed by atoms with Crippen LogP contribution in [0.2, 0.25) is 0 Å². The molecule has 0 atom stereocenters. The molecular weight excluding hydrogens is 370 g/mol. The van der Waals surface area contributed by atoms with E-state index in [1.165, 1.54) is 24.3 Å². The van der Waals surface area contributed by atoms with Crippen LogP contribution in [0.1, 0.15) is 37.5 Å². The van der Waals surface area contributed by atoms with Crippen LogP contribution in [-0.2, 0) is 14.6 Å². The summed E-state index contributed by atoms with van der Waals surface area (Å²) in [4.78, 5) is 37.7. The molecule has 0 aromatic heterocycles. The minimum Gasteiger partial charge on any atom is -0.462 e. The number of carbonyl (C=O) groups excluding carboxylic acids is 3. The number of benzene rings is 2. The molecule has 0 radical (unpaired) electrons. The fourth-order valence-corrected chi connectivity index (χ4v) is 3.43. The van der Waals surface area contributed by atoms with Gasteiger partial charge in [0.25, 0.3) is 11.8 Å². The molecule has 2 amide bonds. The zero-order valence-electron chi connectivity index (χ0n) is 14.5. The Labute approximate surface area is 156 Å². The standard InChI is InChI=1S/C19H17NO6S/c1-27(24,25)14-7-4-6-13(12-14)19(23)26-11-5-10-20-17(21)15-8-2-3-9-16(15)18(20)22/h2-4,6-9,12H,5,10-11H2,1H3. The lowest BCUT2D eigenvalue weighted by Crippen LogP contribution is -2.31. The van der Waals surface area contributed by atoms with E-state index in [0.29, 0.717) is 11.1 Å². The Kier molecular flexibility index (Phi) is 5.09. The monoisotopic (exact) mass is 387 g/mol. The van der Waals surface area contributed by atoms with Crippen LogP contribution < -0.4 is 0 Å². The van der Waals surface area contributed by atoms with Gasteiger partial charge in [-0.05, 0) is 36.8 Å². The highest BCUT2D eigenvalue weighted by atomic mass is 32.2. The van der Waals surface area contributed by atoms with Crippen LogP contribution in [0.5, 0.6) is 0 Å². The molecule has 0 aliphatic carbocycles. The fraction of sp³-hybridized carbons (Fsp3) is 0.211. The zero-order chi connectivity index (χ0) is 19.6. The summed E-state index contributed by atoms with van der Waals surface area (Å²) in [6, 6.07) is 12.2. The summed E-state index contributed by atoms with van der Waals surface area (Å²) < 4.78 is 28.2. The molecule has 3 rings (SSSR count). The maximum absolute atomic E-state index is 12.2. The molecule has 0 unspecified atom stereocenters. The van der Waals surface area contributed by atoms with E-state index < -0.39 is 15.8 Å². The average molecular weight is 387 g/mol. The molecule has 1 aliphatic rings. The highest BCUT2D eigenvalue weighted by molar-refractivity contribution is 7.90. The minimum atomic E-state index is -3.42. The summed E-state index contributed by atoms with van der Waals surface area (Å²) >= 11 is 0. The highest BCUT2D eigenvalue weighted by Crippen LogP contribution is 2.22. The first-order valence-electron chi connectivity index (χ1n) is 8.21. The molecule has 1 heterocycles. The summed E-state index contributed by atoms with van der Waals surface area (Å²) in [5, 5.41) is 0. The lowest BCUT2D eigenvalue weighted by atomic mass is 10.1. The lowest BCUT2D eigenvalue weighted by molar-refractivity contribution is 0.0482. The Morgan fingerprint density at radius 1 is 1.00 bits per heavy atom. The van der Waals surface area contributed by atoms with E-state index in [1.807, 2.05) is 0 Å². The third-order valence-electron chi connectivity index (χ3n) is 4.14. The van der Waals surface area contributed by atoms with E-state index in [2.05, 4.69) is 0 Å². The zero-order valence-corrected chi connectivity index (χ0v) is 15.4. The maximum atomic E-state index is 12.2. The van der Waals surface area contributed by atoms with Crippen LogP contribution in [0.4, 0.5) is 0 Å². The number of amides is 2. The van der Waals surface area contributed by atoms with Crippen molar-refractivity contribution in [3.05, 3.63) is 65.2 Å². The van der Waals surface area contributed by atoms with Crippen molar-refractivity contribution in [2.75, 3.05) is 19.4 Å². The second kappa shape index (κ2) is 7.32. The molecule has 2 aromatic carbocycles. The van der Waals surface area contributed by atoms with Crippen LogP contribution in [0.25, 0.3) is 0 Å². The van der Waals surface area contributed by atoms with Crippen LogP contribution in [0.15, 0.2) is 53.4 Å². The van der Waals surface area contributed by atoms with Gasteiger partial charge in [-0.25, -0.2) is 13.2 Å². The second-order valence-corrected chi connectivity index (χ2v) is 8.11. The first kappa shape index (κ1) is 18.8. The third-order valence-corrected chi connectivity index (χ3v) is 5.25. The smallest absolute Gasteiger partial charge is 0.338 e. The molecule has 7 nitrogen and oxygen atoms in total. The molecule has 0 spiro atoms. The predicted molar refractivity (Wildman–Crippen MR) is 96.3 cm³/mol. The molecule has 140 valence electrons. The van der Waals surface area contributed by atoms with Gasteiger partial charge in [-0.15, -0.1) is 0 Å². The van der Waals surface area contributed by atoms with Crippen LogP contribution in [0, 0.1) is 0 Å². The Morgan fingerprint density at radius 3 is 2.22 bits per heavy atom. The van der Waals surface area contributed by atoms with Crippen molar-refractivity contribution in [3.63, 3.8) is 0 Å². The van der Waals surface area contributed by atoms with Crippen molar-refractivity contribution in [1.82, 2.24) is 4.90 Å². The van der Waals surface area contributed by atoms with Gasteiger partial charge in [0, 0.05) is 12.8 Å². The van der Waals surface area contributed by atoms with Gasteiger partial charge in [0.2, 0.25) is 0 Å². The van der Waals surface area contributed by atoms with Crippen LogP contribution >= 0.6 is 0 Å². The van der Waals surface area contributed by atoms with Crippen molar-refractivity contribution >= 4 is 27.6 Å². The van der Waals surface area contributed by atoms with E-state index in [4.69, 9.17) is 4.74 Å². The van der Waals surface area contributed by atoms with Crippen molar-refractivity contribution in [3.8, 4) is 0 Å². The minimum absolute atomic E-state index is 0.00462. The number of rotatable bonds is 6. The molecule has 8 heteroatoms. The SMILES string of the molecule is CS(=O)(=O)c1cccc(C(=O)OCCCN2C(=O)c3ccccc3C2=O)c1. The first-order valence-corrected chi connectivity index (χ1v) is 10.1. The number of hydrogen-bond donors (Lipinski definition) is 0. The van der Waals surface area contributed by atoms with Gasteiger partial charge in [0.15, 0.2) is 9.84 Å². The van der Waals surface area contributed by atoms with Crippen molar-refractivity contribution in [1.29, 1.82) is 0 Å². The van der Waals surface area contributed by atoms with Gasteiger partial charge >= 0.3 is 5.97 Å². The normalized spacial score (nSPS) is 13.6. The van der Waals surface area contributed by atoms with Gasteiger partial charge in [-0.1, -0.05) is 18.2 Å². The van der Waals surface area contributed by atoms with Crippen molar-refractivity contribution in [2.24, 2.45) is 0 Å². The maximum Gasteiger partial charge on any atom is 0.338 e. The Balaban J connectivity index is 1.55. The van der Waals surface area contributed by atoms with E-state index >= 15 is 0 Å². The number of ether oxygens (including phenoxy) is 1. The lowest BCUT2D eigenvalue weighted by Gasteiger charge is -2.13. The molecular formula is C19H17NO6S. The van der Waals surface area contributed by atoms with Gasteiger partial charge in [-0.3, -0.25) is 14.5 Å². The van der Waals surface area contributed by atoms with Crippen LogP contribution in [0.3, 0.4) is 0 Å². The number of hydrogen-bond acceptors (Lipinski definition) is 6. The molecule has 1 aliphatic heterocycles. The second-order valence-electron chi connectivity index (χ2n) is 6.10. The summed E-state index contributed by atoms with van der Waals surface area (Å²) in [5.74, 6) is -1.38. The molecule has 0 saturated carbocycles. The number of sulfone groups is 1. The number of carbonyl (C=O) groups is 3. The first-order chi connectivity index (χ1) is 12.8. The van der Waals surface area contributed by atoms with Gasteiger partial charge < -0.3 is 4.74 Å². The number of imide groups is 1. The Hall–Kier alpha value is -3.00. The van der Waals surface area contributed by atoms with E-state index in [-0.39, 0.29) is 41.8 Å². The van der Waals surface area contributed by atoms with Crippen LogP contribution in [-0.4, -0.2) is 50.5 Å². The Morgan fingerprint density at radius 2 is 1.63 bits per heavy atom. The topological polar surface area (TPSA) is 97.8 Å². The van der Waals surface area contributed by atoms with Crippen molar-refractivity contribution < 1.29 is 27.5 Å². The van der Waals surface area contributed by atoms with Gasteiger partial charge in [-0.2, -0.15) is 0 Å². The number of esters is 1. The quantitative estimate of drug-likeness (QED) is 0.427. The average Bonchev–Trinajstić information content (AvgIpc) is 2.89. The van der Waals surface area contributed by atoms with E-state index in [0.717, 1.165) is 11.2 Å². The summed E-state index contributed by atoms with van der Waals surface area (Å²) in [6.45, 7) is 0.123. The predicted octanol–water partition coefficient (Wildman–Crippen LogP) is 1.93. The van der Waals surface area contributed by atoms with E-state index in [9.17, 15) is 22.8 Å². The molecule has 0 bridgehead atoms. The third kappa shape index (κ3) is 3.90. The highest BCUT2D eigenvalue weighted by Gasteiger charge is 2.34. The Bertz CT molecular complexity index is 993. The van der Waals surface area contributed by atoms with Crippen molar-refractivity contribution in [2.45, 2.75) is 11.3 Å². The molecule has 0 N–H and O–H groups in total. The number of fused-ring (bicyclic) bond motifs is 1. The molecule has 27 heavy (non-hydrogen) atoms. The number of nitrogens with zero attached hydrogens (tertiary/aromatic N) is 1. The largest absolute Gasteiger partial charge is 0.462 e. The molecule has 0 saturated heterocycles. The fourth-order valence-electron chi connectivity index (χ4n) is 2.77. The van der Waals surface area contributed by atoms with E-state index in [1.54, 1.807) is 24.3 Å². The molecule has 2 aromatic rings.